The highest BCUT2D eigenvalue weighted by molar-refractivity contribution is 7.99. The molecule has 1 aliphatic heterocycles. The molecule has 5 atom stereocenters. The molecule has 0 aliphatic carbocycles. The average Bonchev–Trinajstić information content (AvgIpc) is 3.37. The van der Waals surface area contributed by atoms with E-state index in [1.807, 2.05) is 0 Å². The van der Waals surface area contributed by atoms with Crippen LogP contribution in [0.15, 0.2) is 41.7 Å². The third kappa shape index (κ3) is 7.81. The number of thioether (sulfide) groups is 1. The first-order valence-corrected chi connectivity index (χ1v) is 13.8. The molecule has 3 aromatic rings. The molecular weight excluding hydrogens is 643 g/mol. The maximum atomic E-state index is 14.3. The lowest BCUT2D eigenvalue weighted by Gasteiger charge is -2.44. The van der Waals surface area contributed by atoms with Crippen molar-refractivity contribution in [2.75, 3.05) is 6.61 Å². The van der Waals surface area contributed by atoms with Gasteiger partial charge in [-0.15, -0.1) is 5.10 Å². The van der Waals surface area contributed by atoms with Gasteiger partial charge in [-0.1, -0.05) is 28.6 Å². The lowest BCUT2D eigenvalue weighted by atomic mass is 9.96. The Kier molecular flexibility index (Phi) is 10.1. The number of hydrogen-bond acceptors (Lipinski definition) is 11. The third-order valence-corrected chi connectivity index (χ3v) is 7.35. The first-order chi connectivity index (χ1) is 20.6. The van der Waals surface area contributed by atoms with E-state index in [1.165, 1.54) is 12.4 Å². The van der Waals surface area contributed by atoms with E-state index in [4.69, 9.17) is 30.5 Å². The van der Waals surface area contributed by atoms with E-state index in [-0.39, 0.29) is 10.7 Å². The van der Waals surface area contributed by atoms with Crippen molar-refractivity contribution in [2.45, 2.75) is 61.6 Å². The van der Waals surface area contributed by atoms with Crippen molar-refractivity contribution in [3.63, 3.8) is 0 Å². The van der Waals surface area contributed by atoms with Crippen LogP contribution in [0.25, 0.3) is 11.3 Å². The highest BCUT2D eigenvalue weighted by Gasteiger charge is 2.52. The molecule has 0 spiro atoms. The molecule has 1 aromatic carbocycles. The number of benzene rings is 1. The topological polar surface area (TPSA) is 132 Å². The second-order valence-corrected chi connectivity index (χ2v) is 10.9. The van der Waals surface area contributed by atoms with Gasteiger partial charge in [0.15, 0.2) is 12.2 Å². The van der Waals surface area contributed by atoms with Crippen molar-refractivity contribution in [1.82, 2.24) is 20.0 Å². The number of carbonyl (C=O) groups is 3. The predicted octanol–water partition coefficient (Wildman–Crippen LogP) is 4.78. The summed E-state index contributed by atoms with van der Waals surface area (Å²) in [5.41, 5.74) is -3.85. The summed E-state index contributed by atoms with van der Waals surface area (Å²) >= 11 is 7.07. The van der Waals surface area contributed by atoms with Crippen molar-refractivity contribution < 1.29 is 55.3 Å². The molecule has 0 radical (unpaired) electrons. The highest BCUT2D eigenvalue weighted by Crippen LogP contribution is 2.42. The molecule has 4 rings (SSSR count). The minimum Gasteiger partial charge on any atom is -0.463 e. The molecule has 1 aliphatic rings. The molecule has 0 bridgehead atoms. The number of nitrogens with zero attached hydrogens (tertiary/aromatic N) is 4. The van der Waals surface area contributed by atoms with Gasteiger partial charge in [0.1, 0.15) is 47.1 Å². The van der Waals surface area contributed by atoms with Gasteiger partial charge in [0.2, 0.25) is 0 Å². The fourth-order valence-electron chi connectivity index (χ4n) is 4.42. The van der Waals surface area contributed by atoms with Crippen LogP contribution in [-0.2, 0) is 39.5 Å². The van der Waals surface area contributed by atoms with E-state index in [2.05, 4.69) is 15.3 Å². The van der Waals surface area contributed by atoms with E-state index < -0.39 is 83.2 Å². The Morgan fingerprint density at radius 1 is 1.00 bits per heavy atom. The predicted molar refractivity (Wildman–Crippen MR) is 141 cm³/mol. The SMILES string of the molecule is CC(=O)OC[C@H]1O[C@H](Sc2cncc(Cl)c2)[C@H](OC(C)=O)[C@@H](n2cc(-c3cc(F)c(C(F)(F)F)c(F)c3)nn2)[C@H]1OC(C)=O. The Hall–Kier alpha value is -3.83. The molecule has 0 unspecified atom stereocenters. The number of aromatic nitrogens is 4. The summed E-state index contributed by atoms with van der Waals surface area (Å²) in [7, 11) is 0. The highest BCUT2D eigenvalue weighted by atomic mass is 35.5. The molecule has 0 amide bonds. The summed E-state index contributed by atoms with van der Waals surface area (Å²) in [6.07, 6.45) is -5.22. The minimum absolute atomic E-state index is 0.272. The quantitative estimate of drug-likeness (QED) is 0.187. The van der Waals surface area contributed by atoms with Crippen molar-refractivity contribution in [3.05, 3.63) is 59.0 Å². The summed E-state index contributed by atoms with van der Waals surface area (Å²) in [5.74, 6) is -6.04. The van der Waals surface area contributed by atoms with Gasteiger partial charge in [-0.3, -0.25) is 19.4 Å². The van der Waals surface area contributed by atoms with Gasteiger partial charge in [-0.2, -0.15) is 13.2 Å². The van der Waals surface area contributed by atoms with Crippen LogP contribution in [0.1, 0.15) is 32.4 Å². The molecular formula is C26H22ClF5N4O7S. The van der Waals surface area contributed by atoms with Gasteiger partial charge >= 0.3 is 24.1 Å². The zero-order chi connectivity index (χ0) is 32.3. The molecule has 1 fully saturated rings. The van der Waals surface area contributed by atoms with Gasteiger partial charge in [0.05, 0.1) is 11.2 Å². The van der Waals surface area contributed by atoms with Crippen molar-refractivity contribution >= 4 is 41.3 Å². The summed E-state index contributed by atoms with van der Waals surface area (Å²) in [4.78, 5) is 40.6. The Morgan fingerprint density at radius 2 is 1.64 bits per heavy atom. The largest absolute Gasteiger partial charge is 0.463 e. The number of hydrogen-bond donors (Lipinski definition) is 0. The number of halogens is 6. The third-order valence-electron chi connectivity index (χ3n) is 6.04. The molecule has 236 valence electrons. The summed E-state index contributed by atoms with van der Waals surface area (Å²) in [6, 6.07) is 1.15. The van der Waals surface area contributed by atoms with Gasteiger partial charge in [0, 0.05) is 43.6 Å². The molecule has 18 heteroatoms. The van der Waals surface area contributed by atoms with Crippen LogP contribution in [0.5, 0.6) is 0 Å². The van der Waals surface area contributed by atoms with Gasteiger partial charge < -0.3 is 18.9 Å². The molecule has 44 heavy (non-hydrogen) atoms. The Labute approximate surface area is 254 Å². The first-order valence-electron chi connectivity index (χ1n) is 12.5. The average molecular weight is 665 g/mol. The van der Waals surface area contributed by atoms with E-state index in [0.29, 0.717) is 17.0 Å². The lowest BCUT2D eigenvalue weighted by Crippen LogP contribution is -2.57. The molecule has 11 nitrogen and oxygen atoms in total. The smallest absolute Gasteiger partial charge is 0.422 e. The fourth-order valence-corrected chi connectivity index (χ4v) is 5.79. The van der Waals surface area contributed by atoms with E-state index in [1.54, 1.807) is 6.07 Å². The lowest BCUT2D eigenvalue weighted by molar-refractivity contribution is -0.212. The minimum atomic E-state index is -5.29. The van der Waals surface area contributed by atoms with Crippen LogP contribution in [0.2, 0.25) is 5.02 Å². The zero-order valence-corrected chi connectivity index (χ0v) is 24.5. The Balaban J connectivity index is 1.82. The second kappa shape index (κ2) is 13.4. The monoisotopic (exact) mass is 664 g/mol. The maximum absolute atomic E-state index is 14.3. The Morgan fingerprint density at radius 3 is 2.20 bits per heavy atom. The number of alkyl halides is 3. The first kappa shape index (κ1) is 33.1. The molecule has 0 saturated carbocycles. The van der Waals surface area contributed by atoms with Crippen LogP contribution in [-0.4, -0.2) is 68.2 Å². The van der Waals surface area contributed by atoms with Gasteiger partial charge in [0.25, 0.3) is 0 Å². The van der Waals surface area contributed by atoms with Crippen LogP contribution >= 0.6 is 23.4 Å². The van der Waals surface area contributed by atoms with Crippen LogP contribution in [0, 0.1) is 11.6 Å². The van der Waals surface area contributed by atoms with Crippen LogP contribution < -0.4 is 0 Å². The van der Waals surface area contributed by atoms with Gasteiger partial charge in [-0.25, -0.2) is 13.5 Å². The number of esters is 3. The molecule has 2 aromatic heterocycles. The van der Waals surface area contributed by atoms with E-state index >= 15 is 0 Å². The van der Waals surface area contributed by atoms with Gasteiger partial charge in [-0.05, 0) is 18.2 Å². The van der Waals surface area contributed by atoms with Crippen LogP contribution in [0.3, 0.4) is 0 Å². The normalized spacial score (nSPS) is 21.9. The number of ether oxygens (including phenoxy) is 4. The Bertz CT molecular complexity index is 1540. The number of pyridine rings is 1. The number of carbonyl (C=O) groups excluding carboxylic acids is 3. The summed E-state index contributed by atoms with van der Waals surface area (Å²) in [6.45, 7) is 2.89. The zero-order valence-electron chi connectivity index (χ0n) is 22.9. The second-order valence-electron chi connectivity index (χ2n) is 9.34. The van der Waals surface area contributed by atoms with Crippen LogP contribution in [0.4, 0.5) is 22.0 Å². The van der Waals surface area contributed by atoms with Crippen molar-refractivity contribution in [1.29, 1.82) is 0 Å². The number of rotatable bonds is 8. The van der Waals surface area contributed by atoms with Crippen molar-refractivity contribution in [2.24, 2.45) is 0 Å². The maximum Gasteiger partial charge on any atom is 0.422 e. The van der Waals surface area contributed by atoms with Crippen molar-refractivity contribution in [3.8, 4) is 11.3 Å². The fraction of sp³-hybridized carbons (Fsp3) is 0.385. The molecule has 0 N–H and O–H groups in total. The molecule has 1 saturated heterocycles. The summed E-state index contributed by atoms with van der Waals surface area (Å²) in [5, 5.41) is 8.07. The van der Waals surface area contributed by atoms with E-state index in [9.17, 15) is 36.3 Å². The summed E-state index contributed by atoms with van der Waals surface area (Å²) < 4.78 is 91.4. The molecule has 3 heterocycles. The van der Waals surface area contributed by atoms with E-state index in [0.717, 1.165) is 43.4 Å². The standard InChI is InChI=1S/C26H22ClF5N4O7S/c1-11(37)40-10-20-23(41-12(2)38)22(24(42-13(3)39)25(43-20)44-16-6-15(27)7-33-8-16)36-9-19(34-35-36)14-4-17(28)21(18(29)5-14)26(30,31)32/h4-9,20,22-25H,10H2,1-3H3/t20-,22+,23+,24-,25-/m1/s1.